The number of halogens is 3. The third-order valence-electron chi connectivity index (χ3n) is 4.98. The van der Waals surface area contributed by atoms with Gasteiger partial charge in [-0.15, -0.1) is 0 Å². The van der Waals surface area contributed by atoms with Gasteiger partial charge in [0.1, 0.15) is 23.1 Å². The molecule has 0 amide bonds. The summed E-state index contributed by atoms with van der Waals surface area (Å²) in [5.41, 5.74) is 2.15. The Morgan fingerprint density at radius 3 is 2.39 bits per heavy atom. The van der Waals surface area contributed by atoms with Crippen LogP contribution in [0.25, 0.3) is 11.1 Å². The van der Waals surface area contributed by atoms with Gasteiger partial charge < -0.3 is 14.4 Å². The van der Waals surface area contributed by atoms with Gasteiger partial charge in [0.05, 0.1) is 12.8 Å². The highest BCUT2D eigenvalue weighted by Crippen LogP contribution is 2.42. The van der Waals surface area contributed by atoms with Gasteiger partial charge in [0.25, 0.3) is 0 Å². The van der Waals surface area contributed by atoms with E-state index in [9.17, 15) is 8.78 Å². The molecule has 0 radical (unpaired) electrons. The molecule has 4 nitrogen and oxygen atoms in total. The fourth-order valence-electron chi connectivity index (χ4n) is 3.44. The first-order valence-electron chi connectivity index (χ1n) is 9.47. The summed E-state index contributed by atoms with van der Waals surface area (Å²) in [6.07, 6.45) is 3.08. The first-order chi connectivity index (χ1) is 14.9. The Kier molecular flexibility index (Phi) is 5.42. The minimum atomic E-state index is -0.874. The molecule has 1 aliphatic rings. The molecule has 0 bridgehead atoms. The number of benzene rings is 3. The van der Waals surface area contributed by atoms with E-state index in [1.807, 2.05) is 13.0 Å². The maximum atomic E-state index is 15.2. The molecule has 0 spiro atoms. The van der Waals surface area contributed by atoms with Crippen molar-refractivity contribution in [3.05, 3.63) is 83.8 Å². The van der Waals surface area contributed by atoms with E-state index < -0.39 is 11.6 Å². The predicted octanol–water partition coefficient (Wildman–Crippen LogP) is 6.16. The van der Waals surface area contributed by atoms with Gasteiger partial charge in [0, 0.05) is 19.3 Å². The van der Waals surface area contributed by atoms with Gasteiger partial charge in [0.15, 0.2) is 11.6 Å². The number of nitrogens with zero attached hydrogens (tertiary/aromatic N) is 2. The Labute approximate surface area is 177 Å². The van der Waals surface area contributed by atoms with Crippen LogP contribution >= 0.6 is 0 Å². The van der Waals surface area contributed by atoms with E-state index in [1.54, 1.807) is 24.3 Å². The molecule has 0 fully saturated rings. The van der Waals surface area contributed by atoms with E-state index in [-0.39, 0.29) is 23.2 Å². The minimum Gasteiger partial charge on any atom is -0.494 e. The summed E-state index contributed by atoms with van der Waals surface area (Å²) in [6, 6.07) is 12.0. The topological polar surface area (TPSA) is 34.1 Å². The van der Waals surface area contributed by atoms with Crippen molar-refractivity contribution in [3.63, 3.8) is 0 Å². The Balaban J connectivity index is 1.82. The highest BCUT2D eigenvalue weighted by atomic mass is 19.1. The SMILES string of the molecule is COc1c(C)cc(-c2cccc(F)c2)cc1N(C)c1c(F)ccc(OC2=NC=C2)c1F. The highest BCUT2D eigenvalue weighted by molar-refractivity contribution is 5.94. The molecular formula is C24H19F3N2O2. The molecule has 1 heterocycles. The second kappa shape index (κ2) is 8.18. The fraction of sp³-hybridized carbons (Fsp3) is 0.125. The Morgan fingerprint density at radius 2 is 1.74 bits per heavy atom. The van der Waals surface area contributed by atoms with Crippen LogP contribution in [0.5, 0.6) is 11.5 Å². The molecule has 0 saturated carbocycles. The summed E-state index contributed by atoms with van der Waals surface area (Å²) in [6.45, 7) is 1.81. The quantitative estimate of drug-likeness (QED) is 0.492. The number of ether oxygens (including phenoxy) is 2. The Hall–Kier alpha value is -3.74. The second-order valence-electron chi connectivity index (χ2n) is 7.01. The van der Waals surface area contributed by atoms with Crippen molar-refractivity contribution in [2.75, 3.05) is 19.1 Å². The minimum absolute atomic E-state index is 0.150. The third-order valence-corrected chi connectivity index (χ3v) is 4.98. The van der Waals surface area contributed by atoms with Crippen molar-refractivity contribution in [1.29, 1.82) is 0 Å². The molecule has 0 aliphatic carbocycles. The van der Waals surface area contributed by atoms with Gasteiger partial charge in [-0.3, -0.25) is 0 Å². The molecule has 1 aliphatic heterocycles. The zero-order valence-corrected chi connectivity index (χ0v) is 17.1. The van der Waals surface area contributed by atoms with Gasteiger partial charge >= 0.3 is 0 Å². The number of hydrogen-bond acceptors (Lipinski definition) is 4. The molecule has 0 saturated heterocycles. The van der Waals surface area contributed by atoms with Crippen molar-refractivity contribution in [2.45, 2.75) is 6.92 Å². The molecule has 3 aromatic carbocycles. The number of rotatable bonds is 5. The summed E-state index contributed by atoms with van der Waals surface area (Å²) in [5.74, 6) is -1.49. The molecule has 0 aromatic heterocycles. The van der Waals surface area contributed by atoms with Crippen LogP contribution < -0.4 is 14.4 Å². The molecule has 0 N–H and O–H groups in total. The summed E-state index contributed by atoms with van der Waals surface area (Å²) in [7, 11) is 3.01. The third kappa shape index (κ3) is 3.86. The van der Waals surface area contributed by atoms with Gasteiger partial charge in [-0.1, -0.05) is 12.1 Å². The van der Waals surface area contributed by atoms with E-state index in [0.717, 1.165) is 11.6 Å². The lowest BCUT2D eigenvalue weighted by molar-refractivity contribution is 0.412. The maximum absolute atomic E-state index is 15.2. The standard InChI is InChI=1S/C24H19F3N2O2/c1-14-11-16(15-5-4-6-17(25)12-15)13-19(24(14)30-3)29(2)23-18(26)7-8-20(22(23)27)31-21-9-10-28-21/h4-13H,1-3H3. The van der Waals surface area contributed by atoms with Crippen LogP contribution in [-0.2, 0) is 0 Å². The van der Waals surface area contributed by atoms with Crippen molar-refractivity contribution in [3.8, 4) is 22.6 Å². The van der Waals surface area contributed by atoms with E-state index in [2.05, 4.69) is 4.99 Å². The number of hydrogen-bond donors (Lipinski definition) is 0. The van der Waals surface area contributed by atoms with Gasteiger partial charge in [-0.25, -0.2) is 18.2 Å². The summed E-state index contributed by atoms with van der Waals surface area (Å²) in [5, 5.41) is 0. The first-order valence-corrected chi connectivity index (χ1v) is 9.47. The van der Waals surface area contributed by atoms with Crippen LogP contribution in [0.1, 0.15) is 5.56 Å². The first kappa shape index (κ1) is 20.5. The van der Waals surface area contributed by atoms with Gasteiger partial charge in [0.2, 0.25) is 5.90 Å². The average Bonchev–Trinajstić information content (AvgIpc) is 2.71. The van der Waals surface area contributed by atoms with E-state index in [0.29, 0.717) is 22.6 Å². The smallest absolute Gasteiger partial charge is 0.220 e. The van der Waals surface area contributed by atoms with Crippen LogP contribution in [0.3, 0.4) is 0 Å². The van der Waals surface area contributed by atoms with Crippen LogP contribution in [0.2, 0.25) is 0 Å². The van der Waals surface area contributed by atoms with Crippen LogP contribution in [0, 0.1) is 24.4 Å². The van der Waals surface area contributed by atoms with E-state index in [4.69, 9.17) is 9.47 Å². The lowest BCUT2D eigenvalue weighted by Gasteiger charge is -2.25. The normalized spacial score (nSPS) is 12.3. The molecule has 7 heteroatoms. The number of anilines is 2. The zero-order chi connectivity index (χ0) is 22.1. The Morgan fingerprint density at radius 1 is 0.968 bits per heavy atom. The molecule has 0 atom stereocenters. The van der Waals surface area contributed by atoms with Crippen LogP contribution in [0.15, 0.2) is 65.8 Å². The summed E-state index contributed by atoms with van der Waals surface area (Å²) in [4.78, 5) is 5.19. The highest BCUT2D eigenvalue weighted by Gasteiger charge is 2.24. The lowest BCUT2D eigenvalue weighted by atomic mass is 10.0. The van der Waals surface area contributed by atoms with Crippen molar-refractivity contribution >= 4 is 17.3 Å². The lowest BCUT2D eigenvalue weighted by Crippen LogP contribution is -2.17. The van der Waals surface area contributed by atoms with Crippen molar-refractivity contribution in [1.82, 2.24) is 0 Å². The summed E-state index contributed by atoms with van der Waals surface area (Å²) >= 11 is 0. The zero-order valence-electron chi connectivity index (χ0n) is 17.1. The molecule has 31 heavy (non-hydrogen) atoms. The largest absolute Gasteiger partial charge is 0.494 e. The van der Waals surface area contributed by atoms with Gasteiger partial charge in [-0.05, 0) is 60.0 Å². The average molecular weight is 424 g/mol. The van der Waals surface area contributed by atoms with Crippen LogP contribution in [-0.4, -0.2) is 20.1 Å². The fourth-order valence-corrected chi connectivity index (χ4v) is 3.44. The molecule has 158 valence electrons. The molecular weight excluding hydrogens is 405 g/mol. The number of methoxy groups -OCH3 is 1. The summed E-state index contributed by atoms with van der Waals surface area (Å²) < 4.78 is 54.6. The van der Waals surface area contributed by atoms with Crippen molar-refractivity contribution < 1.29 is 22.6 Å². The second-order valence-corrected chi connectivity index (χ2v) is 7.01. The van der Waals surface area contributed by atoms with Gasteiger partial charge in [-0.2, -0.15) is 0 Å². The van der Waals surface area contributed by atoms with E-state index >= 15 is 4.39 Å². The van der Waals surface area contributed by atoms with E-state index in [1.165, 1.54) is 43.5 Å². The van der Waals surface area contributed by atoms with Crippen LogP contribution in [0.4, 0.5) is 24.5 Å². The molecule has 4 rings (SSSR count). The van der Waals surface area contributed by atoms with Crippen molar-refractivity contribution in [2.24, 2.45) is 4.99 Å². The number of aryl methyl sites for hydroxylation is 1. The molecule has 0 unspecified atom stereocenters. The number of aliphatic imine (C=N–C) groups is 1. The monoisotopic (exact) mass is 424 g/mol. The molecule has 3 aromatic rings. The Bertz CT molecular complexity index is 1220. The predicted molar refractivity (Wildman–Crippen MR) is 115 cm³/mol. The maximum Gasteiger partial charge on any atom is 0.220 e.